The van der Waals surface area contributed by atoms with Crippen molar-refractivity contribution in [3.05, 3.63) is 17.0 Å². The van der Waals surface area contributed by atoms with Crippen LogP contribution in [0.2, 0.25) is 0 Å². The van der Waals surface area contributed by atoms with Gasteiger partial charge in [-0.15, -0.1) is 11.3 Å². The molecule has 0 aliphatic carbocycles. The molecule has 0 bridgehead atoms. The SMILES string of the molecule is CCCN(C(C)C)S(=O)(=O)c1ccc(CN)s1. The van der Waals surface area contributed by atoms with Gasteiger partial charge in [0, 0.05) is 24.0 Å². The highest BCUT2D eigenvalue weighted by Crippen LogP contribution is 2.26. The molecule has 0 unspecified atom stereocenters. The molecule has 1 rings (SSSR count). The third-order valence-electron chi connectivity index (χ3n) is 2.42. The molecule has 1 aromatic rings. The van der Waals surface area contributed by atoms with Gasteiger partial charge in [-0.2, -0.15) is 4.31 Å². The van der Waals surface area contributed by atoms with E-state index in [9.17, 15) is 8.42 Å². The Morgan fingerprint density at radius 3 is 2.47 bits per heavy atom. The minimum Gasteiger partial charge on any atom is -0.326 e. The molecule has 1 aromatic heterocycles. The Hall–Kier alpha value is -0.430. The zero-order valence-electron chi connectivity index (χ0n) is 10.5. The van der Waals surface area contributed by atoms with E-state index in [0.29, 0.717) is 17.3 Å². The van der Waals surface area contributed by atoms with Crippen LogP contribution in [0.4, 0.5) is 0 Å². The summed E-state index contributed by atoms with van der Waals surface area (Å²) in [5, 5.41) is 0. The van der Waals surface area contributed by atoms with Gasteiger partial charge in [0.25, 0.3) is 10.0 Å². The quantitative estimate of drug-likeness (QED) is 0.864. The Morgan fingerprint density at radius 1 is 1.41 bits per heavy atom. The summed E-state index contributed by atoms with van der Waals surface area (Å²) in [5.74, 6) is 0. The third kappa shape index (κ3) is 3.28. The Morgan fingerprint density at radius 2 is 2.06 bits per heavy atom. The third-order valence-corrected chi connectivity index (χ3v) is 6.07. The molecule has 0 amide bonds. The van der Waals surface area contributed by atoms with Gasteiger partial charge in [-0.1, -0.05) is 6.92 Å². The lowest BCUT2D eigenvalue weighted by atomic mass is 10.4. The number of nitrogens with two attached hydrogens (primary N) is 1. The van der Waals surface area contributed by atoms with Crippen molar-refractivity contribution in [2.24, 2.45) is 5.73 Å². The summed E-state index contributed by atoms with van der Waals surface area (Å²) in [4.78, 5) is 0.892. The van der Waals surface area contributed by atoms with E-state index in [1.165, 1.54) is 11.3 Å². The Bertz CT molecular complexity index is 452. The second kappa shape index (κ2) is 5.95. The summed E-state index contributed by atoms with van der Waals surface area (Å²) in [6.07, 6.45) is 0.812. The Labute approximate surface area is 107 Å². The normalized spacial score (nSPS) is 12.6. The lowest BCUT2D eigenvalue weighted by Crippen LogP contribution is -2.37. The van der Waals surface area contributed by atoms with Gasteiger partial charge in [0.05, 0.1) is 0 Å². The largest absolute Gasteiger partial charge is 0.326 e. The first-order valence-electron chi connectivity index (χ1n) is 5.74. The van der Waals surface area contributed by atoms with Gasteiger partial charge >= 0.3 is 0 Å². The summed E-state index contributed by atoms with van der Waals surface area (Å²) < 4.78 is 26.7. The fraction of sp³-hybridized carbons (Fsp3) is 0.636. The van der Waals surface area contributed by atoms with Crippen LogP contribution >= 0.6 is 11.3 Å². The molecule has 0 aliphatic rings. The van der Waals surface area contributed by atoms with E-state index in [1.54, 1.807) is 16.4 Å². The first-order chi connectivity index (χ1) is 7.93. The number of hydrogen-bond donors (Lipinski definition) is 1. The first kappa shape index (κ1) is 14.6. The van der Waals surface area contributed by atoms with Crippen LogP contribution in [-0.2, 0) is 16.6 Å². The maximum Gasteiger partial charge on any atom is 0.252 e. The van der Waals surface area contributed by atoms with Crippen molar-refractivity contribution in [2.45, 2.75) is 44.0 Å². The molecule has 0 aromatic carbocycles. The van der Waals surface area contributed by atoms with Crippen molar-refractivity contribution in [1.82, 2.24) is 4.31 Å². The van der Waals surface area contributed by atoms with Crippen LogP contribution in [0.1, 0.15) is 32.1 Å². The number of sulfonamides is 1. The van der Waals surface area contributed by atoms with Gasteiger partial charge in [0.1, 0.15) is 4.21 Å². The molecule has 0 fully saturated rings. The summed E-state index contributed by atoms with van der Waals surface area (Å²) in [6, 6.07) is 3.40. The molecule has 0 radical (unpaired) electrons. The van der Waals surface area contributed by atoms with E-state index in [1.807, 2.05) is 20.8 Å². The van der Waals surface area contributed by atoms with Crippen molar-refractivity contribution in [3.63, 3.8) is 0 Å². The molecule has 0 atom stereocenters. The minimum atomic E-state index is -3.36. The monoisotopic (exact) mass is 276 g/mol. The van der Waals surface area contributed by atoms with Crippen molar-refractivity contribution in [3.8, 4) is 0 Å². The van der Waals surface area contributed by atoms with E-state index in [4.69, 9.17) is 5.73 Å². The van der Waals surface area contributed by atoms with E-state index in [2.05, 4.69) is 0 Å². The first-order valence-corrected chi connectivity index (χ1v) is 7.99. The summed E-state index contributed by atoms with van der Waals surface area (Å²) in [6.45, 7) is 6.70. The summed E-state index contributed by atoms with van der Waals surface area (Å²) in [5.41, 5.74) is 5.50. The number of hydrogen-bond acceptors (Lipinski definition) is 4. The fourth-order valence-electron chi connectivity index (χ4n) is 1.60. The molecular weight excluding hydrogens is 256 g/mol. The van der Waals surface area contributed by atoms with Crippen LogP contribution in [0.25, 0.3) is 0 Å². The fourth-order valence-corrected chi connectivity index (χ4v) is 4.69. The van der Waals surface area contributed by atoms with Crippen molar-refractivity contribution >= 4 is 21.4 Å². The number of thiophene rings is 1. The zero-order valence-corrected chi connectivity index (χ0v) is 12.1. The highest BCUT2D eigenvalue weighted by molar-refractivity contribution is 7.91. The van der Waals surface area contributed by atoms with Gasteiger partial charge in [-0.3, -0.25) is 0 Å². The highest BCUT2D eigenvalue weighted by Gasteiger charge is 2.27. The topological polar surface area (TPSA) is 63.4 Å². The van der Waals surface area contributed by atoms with Gasteiger partial charge in [-0.05, 0) is 32.4 Å². The molecule has 1 heterocycles. The zero-order chi connectivity index (χ0) is 13.1. The summed E-state index contributed by atoms with van der Waals surface area (Å²) in [7, 11) is -3.36. The van der Waals surface area contributed by atoms with Crippen LogP contribution in [0.15, 0.2) is 16.3 Å². The van der Waals surface area contributed by atoms with Crippen LogP contribution in [-0.4, -0.2) is 25.3 Å². The van der Waals surface area contributed by atoms with Gasteiger partial charge in [0.15, 0.2) is 0 Å². The van der Waals surface area contributed by atoms with E-state index in [0.717, 1.165) is 11.3 Å². The molecule has 6 heteroatoms. The van der Waals surface area contributed by atoms with Gasteiger partial charge < -0.3 is 5.73 Å². The number of nitrogens with zero attached hydrogens (tertiary/aromatic N) is 1. The van der Waals surface area contributed by atoms with Crippen LogP contribution in [0.3, 0.4) is 0 Å². The van der Waals surface area contributed by atoms with Gasteiger partial charge in [-0.25, -0.2) is 8.42 Å². The smallest absolute Gasteiger partial charge is 0.252 e. The molecule has 0 aliphatic heterocycles. The predicted octanol–water partition coefficient (Wildman–Crippen LogP) is 2.02. The van der Waals surface area contributed by atoms with Crippen LogP contribution in [0, 0.1) is 0 Å². The van der Waals surface area contributed by atoms with Gasteiger partial charge in [0.2, 0.25) is 0 Å². The predicted molar refractivity (Wildman–Crippen MR) is 71.5 cm³/mol. The Balaban J connectivity index is 3.07. The van der Waals surface area contributed by atoms with E-state index >= 15 is 0 Å². The van der Waals surface area contributed by atoms with Crippen molar-refractivity contribution in [1.29, 1.82) is 0 Å². The molecule has 17 heavy (non-hydrogen) atoms. The Kier molecular flexibility index (Phi) is 5.12. The maximum atomic E-state index is 12.4. The molecule has 2 N–H and O–H groups in total. The number of rotatable bonds is 6. The second-order valence-electron chi connectivity index (χ2n) is 4.13. The maximum absolute atomic E-state index is 12.4. The minimum absolute atomic E-state index is 0.0247. The lowest BCUT2D eigenvalue weighted by Gasteiger charge is -2.24. The lowest BCUT2D eigenvalue weighted by molar-refractivity contribution is 0.355. The molecule has 0 saturated heterocycles. The average Bonchev–Trinajstić information content (AvgIpc) is 2.74. The summed E-state index contributed by atoms with van der Waals surface area (Å²) >= 11 is 1.26. The molecule has 4 nitrogen and oxygen atoms in total. The van der Waals surface area contributed by atoms with Crippen LogP contribution in [0.5, 0.6) is 0 Å². The van der Waals surface area contributed by atoms with Crippen molar-refractivity contribution in [2.75, 3.05) is 6.54 Å². The van der Waals surface area contributed by atoms with Crippen molar-refractivity contribution < 1.29 is 8.42 Å². The van der Waals surface area contributed by atoms with E-state index in [-0.39, 0.29) is 6.04 Å². The second-order valence-corrected chi connectivity index (χ2v) is 7.42. The van der Waals surface area contributed by atoms with Crippen LogP contribution < -0.4 is 5.73 Å². The molecular formula is C11H20N2O2S2. The molecule has 0 spiro atoms. The highest BCUT2D eigenvalue weighted by atomic mass is 32.2. The average molecular weight is 276 g/mol. The molecule has 0 saturated carbocycles. The van der Waals surface area contributed by atoms with E-state index < -0.39 is 10.0 Å². The molecule has 98 valence electrons. The standard InChI is InChI=1S/C11H20N2O2S2/c1-4-7-13(9(2)3)17(14,15)11-6-5-10(8-12)16-11/h5-6,9H,4,7-8,12H2,1-3H3.